The molecular formula is C17H18N2O2. The van der Waals surface area contributed by atoms with Crippen LogP contribution in [0.25, 0.3) is 0 Å². The Kier molecular flexibility index (Phi) is 4.15. The molecule has 0 aliphatic heterocycles. The van der Waals surface area contributed by atoms with Crippen molar-refractivity contribution in [1.82, 2.24) is 4.98 Å². The Morgan fingerprint density at radius 2 is 2.05 bits per heavy atom. The molecule has 108 valence electrons. The summed E-state index contributed by atoms with van der Waals surface area (Å²) in [7, 11) is 0. The summed E-state index contributed by atoms with van der Waals surface area (Å²) in [6, 6.07) is 11.0. The number of pyridine rings is 1. The minimum absolute atomic E-state index is 0.166. The number of carbonyl (C=O) groups is 1. The molecule has 21 heavy (non-hydrogen) atoms. The summed E-state index contributed by atoms with van der Waals surface area (Å²) < 4.78 is 5.94. The molecule has 1 N–H and O–H groups in total. The molecule has 1 aromatic heterocycles. The fourth-order valence-corrected chi connectivity index (χ4v) is 2.55. The quantitative estimate of drug-likeness (QED) is 0.931. The first-order valence-corrected chi connectivity index (χ1v) is 7.29. The molecule has 0 bridgehead atoms. The molecule has 1 amide bonds. The van der Waals surface area contributed by atoms with Gasteiger partial charge >= 0.3 is 0 Å². The zero-order valence-electron chi connectivity index (χ0n) is 11.8. The van der Waals surface area contributed by atoms with Crippen LogP contribution in [0.1, 0.15) is 36.0 Å². The van der Waals surface area contributed by atoms with E-state index in [1.807, 2.05) is 24.3 Å². The number of anilines is 1. The average Bonchev–Trinajstić information content (AvgIpc) is 3.01. The molecule has 0 radical (unpaired) electrons. The van der Waals surface area contributed by atoms with Gasteiger partial charge < -0.3 is 10.1 Å². The Morgan fingerprint density at radius 1 is 1.19 bits per heavy atom. The molecule has 4 heteroatoms. The third kappa shape index (κ3) is 3.60. The van der Waals surface area contributed by atoms with Gasteiger partial charge in [0.05, 0.1) is 11.7 Å². The van der Waals surface area contributed by atoms with Crippen LogP contribution in [0, 0.1) is 0 Å². The number of hydrogen-bond donors (Lipinski definition) is 1. The molecule has 1 fully saturated rings. The molecule has 1 aromatic carbocycles. The average molecular weight is 282 g/mol. The van der Waals surface area contributed by atoms with Crippen molar-refractivity contribution >= 4 is 11.6 Å². The van der Waals surface area contributed by atoms with Gasteiger partial charge in [-0.25, -0.2) is 0 Å². The Bertz CT molecular complexity index is 607. The number of nitrogens with zero attached hydrogens (tertiary/aromatic N) is 1. The third-order valence-electron chi connectivity index (χ3n) is 3.62. The number of carbonyl (C=O) groups excluding carboxylic acids is 1. The molecule has 2 aromatic rings. The summed E-state index contributed by atoms with van der Waals surface area (Å²) in [5.74, 6) is 0.645. The van der Waals surface area contributed by atoms with E-state index < -0.39 is 0 Å². The summed E-state index contributed by atoms with van der Waals surface area (Å²) in [5.41, 5.74) is 1.28. The maximum absolute atomic E-state index is 12.1. The second kappa shape index (κ2) is 6.39. The minimum atomic E-state index is -0.166. The van der Waals surface area contributed by atoms with Crippen molar-refractivity contribution in [2.45, 2.75) is 31.8 Å². The molecule has 0 spiro atoms. The van der Waals surface area contributed by atoms with Crippen LogP contribution >= 0.6 is 0 Å². The zero-order chi connectivity index (χ0) is 14.5. The molecular weight excluding hydrogens is 264 g/mol. The van der Waals surface area contributed by atoms with Gasteiger partial charge in [0, 0.05) is 24.1 Å². The van der Waals surface area contributed by atoms with Gasteiger partial charge in [-0.15, -0.1) is 0 Å². The molecule has 0 saturated heterocycles. The van der Waals surface area contributed by atoms with Crippen molar-refractivity contribution in [3.8, 4) is 5.75 Å². The van der Waals surface area contributed by atoms with E-state index in [9.17, 15) is 4.79 Å². The van der Waals surface area contributed by atoms with Crippen molar-refractivity contribution in [3.05, 3.63) is 54.4 Å². The molecule has 1 aliphatic rings. The normalized spacial score (nSPS) is 14.9. The first-order valence-electron chi connectivity index (χ1n) is 7.29. The van der Waals surface area contributed by atoms with Crippen LogP contribution in [-0.2, 0) is 0 Å². The van der Waals surface area contributed by atoms with Crippen molar-refractivity contribution in [2.75, 3.05) is 5.32 Å². The second-order valence-corrected chi connectivity index (χ2v) is 5.25. The Morgan fingerprint density at radius 3 is 2.81 bits per heavy atom. The molecule has 4 nitrogen and oxygen atoms in total. The zero-order valence-corrected chi connectivity index (χ0v) is 11.8. The van der Waals surface area contributed by atoms with Crippen LogP contribution in [0.4, 0.5) is 5.69 Å². The lowest BCUT2D eigenvalue weighted by Crippen LogP contribution is -2.13. The van der Waals surface area contributed by atoms with E-state index in [0.717, 1.165) is 24.3 Å². The van der Waals surface area contributed by atoms with Crippen LogP contribution in [0.5, 0.6) is 5.75 Å². The van der Waals surface area contributed by atoms with Crippen molar-refractivity contribution in [1.29, 1.82) is 0 Å². The van der Waals surface area contributed by atoms with Crippen LogP contribution in [-0.4, -0.2) is 17.0 Å². The highest BCUT2D eigenvalue weighted by Gasteiger charge is 2.16. The molecule has 1 heterocycles. The lowest BCUT2D eigenvalue weighted by atomic mass is 10.2. The Balaban J connectivity index is 1.66. The number of amides is 1. The Labute approximate surface area is 124 Å². The number of aromatic nitrogens is 1. The highest BCUT2D eigenvalue weighted by atomic mass is 16.5. The highest BCUT2D eigenvalue weighted by molar-refractivity contribution is 6.04. The van der Waals surface area contributed by atoms with Crippen molar-refractivity contribution in [3.63, 3.8) is 0 Å². The Hall–Kier alpha value is -2.36. The molecule has 1 aliphatic carbocycles. The van der Waals surface area contributed by atoms with Gasteiger partial charge in [-0.3, -0.25) is 9.78 Å². The van der Waals surface area contributed by atoms with E-state index in [1.165, 1.54) is 12.8 Å². The second-order valence-electron chi connectivity index (χ2n) is 5.25. The summed E-state index contributed by atoms with van der Waals surface area (Å²) in [5, 5.41) is 2.86. The van der Waals surface area contributed by atoms with E-state index >= 15 is 0 Å². The van der Waals surface area contributed by atoms with Crippen molar-refractivity contribution in [2.24, 2.45) is 0 Å². The van der Waals surface area contributed by atoms with Crippen LogP contribution in [0.2, 0.25) is 0 Å². The van der Waals surface area contributed by atoms with Crippen molar-refractivity contribution < 1.29 is 9.53 Å². The highest BCUT2D eigenvalue weighted by Crippen LogP contribution is 2.25. The largest absolute Gasteiger partial charge is 0.490 e. The number of benzene rings is 1. The monoisotopic (exact) mass is 282 g/mol. The predicted molar refractivity (Wildman–Crippen MR) is 81.5 cm³/mol. The van der Waals surface area contributed by atoms with Crippen LogP contribution < -0.4 is 10.1 Å². The minimum Gasteiger partial charge on any atom is -0.490 e. The van der Waals surface area contributed by atoms with Crippen LogP contribution in [0.3, 0.4) is 0 Å². The van der Waals surface area contributed by atoms with Gasteiger partial charge in [-0.05, 0) is 49.9 Å². The molecule has 0 atom stereocenters. The van der Waals surface area contributed by atoms with E-state index in [4.69, 9.17) is 4.74 Å². The maximum Gasteiger partial charge on any atom is 0.257 e. The van der Waals surface area contributed by atoms with Gasteiger partial charge in [0.1, 0.15) is 5.75 Å². The van der Waals surface area contributed by atoms with Gasteiger partial charge in [0.15, 0.2) is 0 Å². The molecule has 1 saturated carbocycles. The van der Waals surface area contributed by atoms with E-state index in [1.54, 1.807) is 24.5 Å². The lowest BCUT2D eigenvalue weighted by molar-refractivity contribution is 0.102. The molecule has 0 unspecified atom stereocenters. The number of rotatable bonds is 4. The van der Waals surface area contributed by atoms with E-state index in [-0.39, 0.29) is 5.91 Å². The smallest absolute Gasteiger partial charge is 0.257 e. The number of hydrogen-bond acceptors (Lipinski definition) is 3. The third-order valence-corrected chi connectivity index (χ3v) is 3.62. The SMILES string of the molecule is O=C(Nc1cccc(OC2CCCC2)c1)c1cccnc1. The van der Waals surface area contributed by atoms with Gasteiger partial charge in [0.25, 0.3) is 5.91 Å². The topological polar surface area (TPSA) is 51.2 Å². The first-order chi connectivity index (χ1) is 10.3. The van der Waals surface area contributed by atoms with Gasteiger partial charge in [0.2, 0.25) is 0 Å². The fourth-order valence-electron chi connectivity index (χ4n) is 2.55. The first kappa shape index (κ1) is 13.6. The van der Waals surface area contributed by atoms with E-state index in [0.29, 0.717) is 11.7 Å². The summed E-state index contributed by atoms with van der Waals surface area (Å²) in [4.78, 5) is 16.0. The fraction of sp³-hybridized carbons (Fsp3) is 0.294. The van der Waals surface area contributed by atoms with E-state index in [2.05, 4.69) is 10.3 Å². The standard InChI is InChI=1S/C17H18N2O2/c20-17(13-5-4-10-18-12-13)19-14-6-3-9-16(11-14)21-15-7-1-2-8-15/h3-6,9-12,15H,1-2,7-8H2,(H,19,20). The van der Waals surface area contributed by atoms with Crippen LogP contribution in [0.15, 0.2) is 48.8 Å². The summed E-state index contributed by atoms with van der Waals surface area (Å²) in [6.45, 7) is 0. The lowest BCUT2D eigenvalue weighted by Gasteiger charge is -2.14. The number of nitrogens with one attached hydrogen (secondary N) is 1. The van der Waals surface area contributed by atoms with Gasteiger partial charge in [-0.1, -0.05) is 6.07 Å². The van der Waals surface area contributed by atoms with Gasteiger partial charge in [-0.2, -0.15) is 0 Å². The summed E-state index contributed by atoms with van der Waals surface area (Å²) in [6.07, 6.45) is 8.22. The molecule has 3 rings (SSSR count). The number of ether oxygens (including phenoxy) is 1. The predicted octanol–water partition coefficient (Wildman–Crippen LogP) is 3.66. The maximum atomic E-state index is 12.1. The summed E-state index contributed by atoms with van der Waals surface area (Å²) >= 11 is 0.